The van der Waals surface area contributed by atoms with E-state index in [1.165, 1.54) is 12.4 Å². The third-order valence-electron chi connectivity index (χ3n) is 2.80. The molecule has 3 nitrogen and oxygen atoms in total. The standard InChI is InChI=1S/C13H12BrClFN3/c1-7-3-4-9(5-10(7)16)8(2)19-13-11(14)12(15)17-6-18-13/h3-6,8H,1-2H3,(H,17,18,19). The Morgan fingerprint density at radius 1 is 1.37 bits per heavy atom. The van der Waals surface area contributed by atoms with Crippen molar-refractivity contribution < 1.29 is 4.39 Å². The summed E-state index contributed by atoms with van der Waals surface area (Å²) in [5, 5.41) is 3.50. The lowest BCUT2D eigenvalue weighted by molar-refractivity contribution is 0.614. The van der Waals surface area contributed by atoms with E-state index in [2.05, 4.69) is 31.2 Å². The number of nitrogens with zero attached hydrogens (tertiary/aromatic N) is 2. The van der Waals surface area contributed by atoms with Crippen molar-refractivity contribution in [3.8, 4) is 0 Å². The normalized spacial score (nSPS) is 12.3. The molecule has 1 aromatic carbocycles. The van der Waals surface area contributed by atoms with E-state index in [1.54, 1.807) is 13.0 Å². The largest absolute Gasteiger partial charge is 0.362 e. The zero-order chi connectivity index (χ0) is 14.0. The van der Waals surface area contributed by atoms with E-state index in [0.29, 0.717) is 21.0 Å². The summed E-state index contributed by atoms with van der Waals surface area (Å²) in [4.78, 5) is 7.95. The van der Waals surface area contributed by atoms with E-state index < -0.39 is 0 Å². The summed E-state index contributed by atoms with van der Waals surface area (Å²) in [7, 11) is 0. The number of anilines is 1. The summed E-state index contributed by atoms with van der Waals surface area (Å²) >= 11 is 9.21. The molecule has 1 unspecified atom stereocenters. The van der Waals surface area contributed by atoms with Crippen LogP contribution in [0.5, 0.6) is 0 Å². The highest BCUT2D eigenvalue weighted by Crippen LogP contribution is 2.29. The number of aromatic nitrogens is 2. The van der Waals surface area contributed by atoms with Gasteiger partial charge in [-0.1, -0.05) is 23.7 Å². The van der Waals surface area contributed by atoms with Gasteiger partial charge in [0, 0.05) is 0 Å². The van der Waals surface area contributed by atoms with Gasteiger partial charge >= 0.3 is 0 Å². The molecule has 1 N–H and O–H groups in total. The Balaban J connectivity index is 2.23. The number of hydrogen-bond donors (Lipinski definition) is 1. The number of rotatable bonds is 3. The molecule has 0 bridgehead atoms. The summed E-state index contributed by atoms with van der Waals surface area (Å²) in [6, 6.07) is 5.05. The summed E-state index contributed by atoms with van der Waals surface area (Å²) in [5.74, 6) is 0.361. The van der Waals surface area contributed by atoms with Gasteiger partial charge in [-0.3, -0.25) is 0 Å². The van der Waals surface area contributed by atoms with Crippen LogP contribution in [0.3, 0.4) is 0 Å². The minimum atomic E-state index is -0.217. The number of hydrogen-bond acceptors (Lipinski definition) is 3. The first-order chi connectivity index (χ1) is 8.99. The fraction of sp³-hybridized carbons (Fsp3) is 0.231. The Morgan fingerprint density at radius 3 is 2.79 bits per heavy atom. The monoisotopic (exact) mass is 343 g/mol. The second-order valence-electron chi connectivity index (χ2n) is 4.20. The van der Waals surface area contributed by atoms with Crippen LogP contribution in [-0.2, 0) is 0 Å². The third-order valence-corrected chi connectivity index (χ3v) is 4.06. The molecule has 0 saturated carbocycles. The van der Waals surface area contributed by atoms with Crippen molar-refractivity contribution in [3.63, 3.8) is 0 Å². The van der Waals surface area contributed by atoms with Gasteiger partial charge in [-0.25, -0.2) is 14.4 Å². The Kier molecular flexibility index (Phi) is 4.37. The molecular weight excluding hydrogens is 333 g/mol. The molecule has 1 atom stereocenters. The Hall–Kier alpha value is -1.20. The molecule has 0 radical (unpaired) electrons. The third kappa shape index (κ3) is 3.22. The van der Waals surface area contributed by atoms with E-state index in [0.717, 1.165) is 5.56 Å². The van der Waals surface area contributed by atoms with Crippen LogP contribution in [0.4, 0.5) is 10.2 Å². The van der Waals surface area contributed by atoms with E-state index in [-0.39, 0.29) is 11.9 Å². The highest BCUT2D eigenvalue weighted by molar-refractivity contribution is 9.10. The predicted octanol–water partition coefficient (Wildman–Crippen LogP) is 4.51. The molecule has 1 aromatic heterocycles. The van der Waals surface area contributed by atoms with E-state index in [4.69, 9.17) is 11.6 Å². The van der Waals surface area contributed by atoms with Crippen molar-refractivity contribution >= 4 is 33.3 Å². The molecule has 0 spiro atoms. The average molecular weight is 345 g/mol. The van der Waals surface area contributed by atoms with Crippen LogP contribution in [0.15, 0.2) is 29.0 Å². The van der Waals surface area contributed by atoms with Crippen molar-refractivity contribution in [2.24, 2.45) is 0 Å². The van der Waals surface area contributed by atoms with Gasteiger partial charge < -0.3 is 5.32 Å². The first kappa shape index (κ1) is 14.2. The SMILES string of the molecule is Cc1ccc(C(C)Nc2ncnc(Cl)c2Br)cc1F. The number of aryl methyl sites for hydroxylation is 1. The maximum atomic E-state index is 13.5. The van der Waals surface area contributed by atoms with E-state index in [1.807, 2.05) is 13.0 Å². The number of nitrogens with one attached hydrogen (secondary N) is 1. The lowest BCUT2D eigenvalue weighted by Crippen LogP contribution is -2.09. The van der Waals surface area contributed by atoms with Crippen LogP contribution in [0.25, 0.3) is 0 Å². The molecule has 0 aliphatic carbocycles. The first-order valence-electron chi connectivity index (χ1n) is 5.67. The van der Waals surface area contributed by atoms with Crippen LogP contribution in [0.1, 0.15) is 24.1 Å². The molecule has 0 fully saturated rings. The second kappa shape index (κ2) is 5.84. The quantitative estimate of drug-likeness (QED) is 0.832. The zero-order valence-electron chi connectivity index (χ0n) is 10.4. The van der Waals surface area contributed by atoms with Gasteiger partial charge in [-0.15, -0.1) is 0 Å². The average Bonchev–Trinajstić information content (AvgIpc) is 2.38. The molecule has 2 rings (SSSR count). The molecule has 1 heterocycles. The maximum absolute atomic E-state index is 13.5. The van der Waals surface area contributed by atoms with E-state index >= 15 is 0 Å². The van der Waals surface area contributed by atoms with Gasteiger partial charge in [-0.05, 0) is 47.0 Å². The minimum Gasteiger partial charge on any atom is -0.362 e. The smallest absolute Gasteiger partial charge is 0.148 e. The lowest BCUT2D eigenvalue weighted by atomic mass is 10.1. The van der Waals surface area contributed by atoms with Crippen molar-refractivity contribution in [2.75, 3.05) is 5.32 Å². The summed E-state index contributed by atoms with van der Waals surface area (Å²) in [6.45, 7) is 3.66. The van der Waals surface area contributed by atoms with Crippen molar-refractivity contribution in [2.45, 2.75) is 19.9 Å². The highest BCUT2D eigenvalue weighted by Gasteiger charge is 2.12. The van der Waals surface area contributed by atoms with Crippen LogP contribution < -0.4 is 5.32 Å². The van der Waals surface area contributed by atoms with Crippen LogP contribution >= 0.6 is 27.5 Å². The predicted molar refractivity (Wildman–Crippen MR) is 77.9 cm³/mol. The lowest BCUT2D eigenvalue weighted by Gasteiger charge is -2.16. The molecule has 100 valence electrons. The van der Waals surface area contributed by atoms with Crippen molar-refractivity contribution in [1.29, 1.82) is 0 Å². The van der Waals surface area contributed by atoms with Gasteiger partial charge in [0.2, 0.25) is 0 Å². The minimum absolute atomic E-state index is 0.0997. The molecule has 0 amide bonds. The summed E-state index contributed by atoms with van der Waals surface area (Å²) < 4.78 is 14.1. The number of halogens is 3. The van der Waals surface area contributed by atoms with Crippen molar-refractivity contribution in [3.05, 3.63) is 51.1 Å². The van der Waals surface area contributed by atoms with Gasteiger partial charge in [-0.2, -0.15) is 0 Å². The Labute approximate surface area is 124 Å². The Morgan fingerprint density at radius 2 is 2.11 bits per heavy atom. The summed E-state index contributed by atoms with van der Waals surface area (Å²) in [5.41, 5.74) is 1.46. The van der Waals surface area contributed by atoms with Gasteiger partial charge in [0.1, 0.15) is 23.1 Å². The summed E-state index contributed by atoms with van der Waals surface area (Å²) in [6.07, 6.45) is 1.37. The highest BCUT2D eigenvalue weighted by atomic mass is 79.9. The topological polar surface area (TPSA) is 37.8 Å². The second-order valence-corrected chi connectivity index (χ2v) is 5.35. The first-order valence-corrected chi connectivity index (χ1v) is 6.84. The maximum Gasteiger partial charge on any atom is 0.148 e. The van der Waals surface area contributed by atoms with Crippen LogP contribution in [0, 0.1) is 12.7 Å². The molecular formula is C13H12BrClFN3. The Bertz CT molecular complexity index is 606. The van der Waals surface area contributed by atoms with Gasteiger partial charge in [0.05, 0.1) is 10.5 Å². The molecule has 2 aromatic rings. The number of benzene rings is 1. The zero-order valence-corrected chi connectivity index (χ0v) is 12.8. The van der Waals surface area contributed by atoms with Crippen molar-refractivity contribution in [1.82, 2.24) is 9.97 Å². The molecule has 6 heteroatoms. The van der Waals surface area contributed by atoms with Crippen LogP contribution in [0.2, 0.25) is 5.15 Å². The fourth-order valence-corrected chi connectivity index (χ4v) is 2.07. The molecule has 19 heavy (non-hydrogen) atoms. The molecule has 0 saturated heterocycles. The molecule has 0 aliphatic heterocycles. The van der Waals surface area contributed by atoms with Crippen LogP contribution in [-0.4, -0.2) is 9.97 Å². The van der Waals surface area contributed by atoms with E-state index in [9.17, 15) is 4.39 Å². The molecule has 0 aliphatic rings. The van der Waals surface area contributed by atoms with Gasteiger partial charge in [0.25, 0.3) is 0 Å². The fourth-order valence-electron chi connectivity index (χ4n) is 1.62. The van der Waals surface area contributed by atoms with Gasteiger partial charge in [0.15, 0.2) is 0 Å².